The molecule has 1 saturated carbocycles. The van der Waals surface area contributed by atoms with Crippen LogP contribution < -0.4 is 5.73 Å². The predicted molar refractivity (Wildman–Crippen MR) is 63.2 cm³/mol. The van der Waals surface area contributed by atoms with Gasteiger partial charge in [0.15, 0.2) is 0 Å². The van der Waals surface area contributed by atoms with Gasteiger partial charge < -0.3 is 5.73 Å². The summed E-state index contributed by atoms with van der Waals surface area (Å²) in [5, 5.41) is 0. The van der Waals surface area contributed by atoms with Gasteiger partial charge in [-0.25, -0.2) is 0 Å². The molecule has 0 aromatic heterocycles. The van der Waals surface area contributed by atoms with Crippen LogP contribution in [0.25, 0.3) is 0 Å². The SMILES string of the molecule is CC(C)CCCC1(N)CCCC(C)C1. The van der Waals surface area contributed by atoms with E-state index >= 15 is 0 Å². The highest BCUT2D eigenvalue weighted by Gasteiger charge is 2.30. The highest BCUT2D eigenvalue weighted by atomic mass is 14.7. The molecule has 1 fully saturated rings. The standard InChI is InChI=1S/C13H27N/c1-11(2)6-4-8-13(14)9-5-7-12(3)10-13/h11-12H,4-10,14H2,1-3H3. The number of rotatable bonds is 4. The van der Waals surface area contributed by atoms with Crippen LogP contribution in [0.5, 0.6) is 0 Å². The van der Waals surface area contributed by atoms with Crippen molar-refractivity contribution in [3.05, 3.63) is 0 Å². The van der Waals surface area contributed by atoms with E-state index in [-0.39, 0.29) is 5.54 Å². The lowest BCUT2D eigenvalue weighted by atomic mass is 9.74. The summed E-state index contributed by atoms with van der Waals surface area (Å²) in [6.07, 6.45) is 9.16. The van der Waals surface area contributed by atoms with E-state index in [4.69, 9.17) is 5.73 Å². The predicted octanol–water partition coefficient (Wildman–Crippen LogP) is 3.72. The third kappa shape index (κ3) is 4.00. The molecule has 2 atom stereocenters. The summed E-state index contributed by atoms with van der Waals surface area (Å²) in [4.78, 5) is 0. The average molecular weight is 197 g/mol. The Kier molecular flexibility index (Phi) is 4.43. The van der Waals surface area contributed by atoms with Gasteiger partial charge in [0.25, 0.3) is 0 Å². The van der Waals surface area contributed by atoms with E-state index in [0.29, 0.717) is 0 Å². The molecule has 84 valence electrons. The van der Waals surface area contributed by atoms with E-state index in [1.165, 1.54) is 44.9 Å². The summed E-state index contributed by atoms with van der Waals surface area (Å²) in [6, 6.07) is 0. The van der Waals surface area contributed by atoms with Crippen molar-refractivity contribution < 1.29 is 0 Å². The van der Waals surface area contributed by atoms with Crippen LogP contribution in [0.15, 0.2) is 0 Å². The van der Waals surface area contributed by atoms with Crippen LogP contribution in [0.1, 0.15) is 65.7 Å². The fraction of sp³-hybridized carbons (Fsp3) is 1.00. The van der Waals surface area contributed by atoms with E-state index in [0.717, 1.165) is 11.8 Å². The lowest BCUT2D eigenvalue weighted by Crippen LogP contribution is -2.43. The van der Waals surface area contributed by atoms with Crippen LogP contribution in [-0.4, -0.2) is 5.54 Å². The van der Waals surface area contributed by atoms with Crippen molar-refractivity contribution in [2.45, 2.75) is 71.3 Å². The normalized spacial score (nSPS) is 33.6. The maximum Gasteiger partial charge on any atom is 0.0156 e. The Bertz CT molecular complexity index is 165. The van der Waals surface area contributed by atoms with Crippen LogP contribution in [0.3, 0.4) is 0 Å². The molecule has 14 heavy (non-hydrogen) atoms. The van der Waals surface area contributed by atoms with Crippen molar-refractivity contribution in [2.24, 2.45) is 17.6 Å². The van der Waals surface area contributed by atoms with E-state index in [2.05, 4.69) is 20.8 Å². The van der Waals surface area contributed by atoms with Crippen LogP contribution in [0.4, 0.5) is 0 Å². The summed E-state index contributed by atoms with van der Waals surface area (Å²) in [7, 11) is 0. The Morgan fingerprint density at radius 1 is 1.43 bits per heavy atom. The second-order valence-corrected chi connectivity index (χ2v) is 5.85. The van der Waals surface area contributed by atoms with Crippen molar-refractivity contribution in [1.82, 2.24) is 0 Å². The molecule has 1 aliphatic carbocycles. The molecule has 1 aliphatic rings. The van der Waals surface area contributed by atoms with Crippen molar-refractivity contribution >= 4 is 0 Å². The Labute approximate surface area is 89.5 Å². The van der Waals surface area contributed by atoms with Crippen molar-refractivity contribution in [1.29, 1.82) is 0 Å². The Balaban J connectivity index is 2.26. The molecule has 1 nitrogen and oxygen atoms in total. The zero-order chi connectivity index (χ0) is 10.6. The molecular weight excluding hydrogens is 170 g/mol. The molecule has 1 rings (SSSR count). The molecule has 0 radical (unpaired) electrons. The average Bonchev–Trinajstić information content (AvgIpc) is 2.01. The molecule has 0 spiro atoms. The van der Waals surface area contributed by atoms with E-state index in [9.17, 15) is 0 Å². The van der Waals surface area contributed by atoms with Crippen LogP contribution in [0, 0.1) is 11.8 Å². The van der Waals surface area contributed by atoms with Gasteiger partial charge >= 0.3 is 0 Å². The van der Waals surface area contributed by atoms with Gasteiger partial charge in [0.1, 0.15) is 0 Å². The summed E-state index contributed by atoms with van der Waals surface area (Å²) in [6.45, 7) is 6.95. The molecule has 1 heteroatoms. The molecule has 0 aromatic rings. The zero-order valence-corrected chi connectivity index (χ0v) is 10.2. The third-order valence-corrected chi connectivity index (χ3v) is 3.58. The number of hydrogen-bond donors (Lipinski definition) is 1. The van der Waals surface area contributed by atoms with E-state index in [1.54, 1.807) is 0 Å². The minimum Gasteiger partial charge on any atom is -0.325 e. The first-order chi connectivity index (χ1) is 6.52. The lowest BCUT2D eigenvalue weighted by molar-refractivity contribution is 0.216. The van der Waals surface area contributed by atoms with Gasteiger partial charge in [-0.3, -0.25) is 0 Å². The smallest absolute Gasteiger partial charge is 0.0156 e. The summed E-state index contributed by atoms with van der Waals surface area (Å²) in [5.41, 5.74) is 6.62. The number of nitrogens with two attached hydrogens (primary N) is 1. The molecule has 0 amide bonds. The van der Waals surface area contributed by atoms with Crippen LogP contribution >= 0.6 is 0 Å². The topological polar surface area (TPSA) is 26.0 Å². The highest BCUT2D eigenvalue weighted by molar-refractivity contribution is 4.89. The Morgan fingerprint density at radius 3 is 2.71 bits per heavy atom. The van der Waals surface area contributed by atoms with Gasteiger partial charge in [-0.2, -0.15) is 0 Å². The first-order valence-electron chi connectivity index (χ1n) is 6.31. The van der Waals surface area contributed by atoms with Gasteiger partial charge in [-0.1, -0.05) is 46.5 Å². The monoisotopic (exact) mass is 197 g/mol. The third-order valence-electron chi connectivity index (χ3n) is 3.58. The number of hydrogen-bond acceptors (Lipinski definition) is 1. The summed E-state index contributed by atoms with van der Waals surface area (Å²) < 4.78 is 0. The molecule has 0 saturated heterocycles. The molecule has 0 heterocycles. The second kappa shape index (κ2) is 5.16. The highest BCUT2D eigenvalue weighted by Crippen LogP contribution is 2.33. The molecule has 2 N–H and O–H groups in total. The minimum absolute atomic E-state index is 0.187. The van der Waals surface area contributed by atoms with Crippen molar-refractivity contribution in [2.75, 3.05) is 0 Å². The molecule has 0 bridgehead atoms. The Hall–Kier alpha value is -0.0400. The first kappa shape index (κ1) is 12.0. The lowest BCUT2D eigenvalue weighted by Gasteiger charge is -2.37. The van der Waals surface area contributed by atoms with Gasteiger partial charge in [0.05, 0.1) is 0 Å². The van der Waals surface area contributed by atoms with E-state index < -0.39 is 0 Å². The maximum atomic E-state index is 6.44. The summed E-state index contributed by atoms with van der Waals surface area (Å²) in [5.74, 6) is 1.69. The van der Waals surface area contributed by atoms with Gasteiger partial charge in [0, 0.05) is 5.54 Å². The minimum atomic E-state index is 0.187. The zero-order valence-electron chi connectivity index (χ0n) is 10.2. The van der Waals surface area contributed by atoms with Gasteiger partial charge in [-0.15, -0.1) is 0 Å². The molecular formula is C13H27N. The fourth-order valence-corrected chi connectivity index (χ4v) is 2.79. The Morgan fingerprint density at radius 2 is 2.14 bits per heavy atom. The van der Waals surface area contributed by atoms with Crippen molar-refractivity contribution in [3.8, 4) is 0 Å². The van der Waals surface area contributed by atoms with Gasteiger partial charge in [-0.05, 0) is 31.1 Å². The largest absolute Gasteiger partial charge is 0.325 e. The maximum absolute atomic E-state index is 6.44. The van der Waals surface area contributed by atoms with Gasteiger partial charge in [0.2, 0.25) is 0 Å². The summed E-state index contributed by atoms with van der Waals surface area (Å²) >= 11 is 0. The molecule has 2 unspecified atom stereocenters. The van der Waals surface area contributed by atoms with Crippen LogP contribution in [0.2, 0.25) is 0 Å². The van der Waals surface area contributed by atoms with E-state index in [1.807, 2.05) is 0 Å². The molecule has 0 aliphatic heterocycles. The first-order valence-corrected chi connectivity index (χ1v) is 6.31. The molecule has 0 aromatic carbocycles. The van der Waals surface area contributed by atoms with Crippen molar-refractivity contribution in [3.63, 3.8) is 0 Å². The van der Waals surface area contributed by atoms with Crippen LogP contribution in [-0.2, 0) is 0 Å². The fourth-order valence-electron chi connectivity index (χ4n) is 2.79. The quantitative estimate of drug-likeness (QED) is 0.730. The second-order valence-electron chi connectivity index (χ2n) is 5.85.